The fourth-order valence-corrected chi connectivity index (χ4v) is 4.35. The van der Waals surface area contributed by atoms with Crippen molar-refractivity contribution < 1.29 is 26.4 Å². The monoisotopic (exact) mass is 443 g/mol. The van der Waals surface area contributed by atoms with Crippen LogP contribution < -0.4 is 10.6 Å². The van der Waals surface area contributed by atoms with Crippen LogP contribution in [0.1, 0.15) is 25.0 Å². The topological polar surface area (TPSA) is 78.5 Å². The summed E-state index contributed by atoms with van der Waals surface area (Å²) in [7, 11) is -3.71. The lowest BCUT2D eigenvalue weighted by atomic mass is 10.1. The molecule has 0 aliphatic heterocycles. The first-order chi connectivity index (χ1) is 14.0. The predicted octanol–water partition coefficient (Wildman–Crippen LogP) is 4.09. The van der Waals surface area contributed by atoms with Gasteiger partial charge in [-0.1, -0.05) is 32.0 Å². The molecule has 0 spiro atoms. The van der Waals surface area contributed by atoms with Crippen LogP contribution in [-0.2, 0) is 21.0 Å². The summed E-state index contributed by atoms with van der Waals surface area (Å²) in [6, 6.07) is 9.23. The Kier molecular flexibility index (Phi) is 7.49. The van der Waals surface area contributed by atoms with E-state index in [0.29, 0.717) is 18.7 Å². The molecule has 0 bridgehead atoms. The Bertz CT molecular complexity index is 1000. The molecule has 2 aromatic rings. The molecule has 0 atom stereocenters. The number of carbonyl (C=O) groups is 1. The Hall–Kier alpha value is -2.59. The molecule has 1 amide bonds. The van der Waals surface area contributed by atoms with Gasteiger partial charge in [-0.05, 0) is 36.8 Å². The van der Waals surface area contributed by atoms with Crippen LogP contribution in [0.4, 0.5) is 24.5 Å². The molecular weight excluding hydrogens is 419 g/mol. The van der Waals surface area contributed by atoms with E-state index < -0.39 is 34.2 Å². The molecule has 0 unspecified atom stereocenters. The van der Waals surface area contributed by atoms with Crippen LogP contribution in [0, 0.1) is 6.92 Å². The average Bonchev–Trinajstić information content (AvgIpc) is 2.68. The zero-order valence-electron chi connectivity index (χ0n) is 16.9. The van der Waals surface area contributed by atoms with Crippen LogP contribution in [0.15, 0.2) is 47.4 Å². The normalized spacial score (nSPS) is 12.1. The molecule has 2 aromatic carbocycles. The summed E-state index contributed by atoms with van der Waals surface area (Å²) in [5, 5.41) is 5.04. The Morgan fingerprint density at radius 3 is 2.27 bits per heavy atom. The highest BCUT2D eigenvalue weighted by molar-refractivity contribution is 7.89. The molecule has 30 heavy (non-hydrogen) atoms. The van der Waals surface area contributed by atoms with Crippen molar-refractivity contribution in [1.82, 2.24) is 4.31 Å². The summed E-state index contributed by atoms with van der Waals surface area (Å²) in [4.78, 5) is 12.3. The van der Waals surface area contributed by atoms with Crippen molar-refractivity contribution in [2.45, 2.75) is 31.8 Å². The first-order valence-corrected chi connectivity index (χ1v) is 10.8. The van der Waals surface area contributed by atoms with Gasteiger partial charge in [-0.15, -0.1) is 0 Å². The summed E-state index contributed by atoms with van der Waals surface area (Å²) >= 11 is 0. The summed E-state index contributed by atoms with van der Waals surface area (Å²) in [6.07, 6.45) is -4.55. The van der Waals surface area contributed by atoms with E-state index in [4.69, 9.17) is 0 Å². The van der Waals surface area contributed by atoms with Crippen LogP contribution in [0.3, 0.4) is 0 Å². The lowest BCUT2D eigenvalue weighted by Crippen LogP contribution is -2.30. The quantitative estimate of drug-likeness (QED) is 0.644. The Morgan fingerprint density at radius 2 is 1.67 bits per heavy atom. The lowest BCUT2D eigenvalue weighted by Gasteiger charge is -2.19. The lowest BCUT2D eigenvalue weighted by molar-refractivity contribution is -0.137. The third kappa shape index (κ3) is 5.51. The second-order valence-corrected chi connectivity index (χ2v) is 8.45. The highest BCUT2D eigenvalue weighted by Crippen LogP contribution is 2.34. The van der Waals surface area contributed by atoms with Crippen molar-refractivity contribution in [2.75, 3.05) is 30.3 Å². The van der Waals surface area contributed by atoms with E-state index >= 15 is 0 Å². The van der Waals surface area contributed by atoms with E-state index in [2.05, 4.69) is 10.6 Å². The van der Waals surface area contributed by atoms with E-state index in [9.17, 15) is 26.4 Å². The standard InChI is InChI=1S/C20H24F3N3O3S/c1-4-26(5-2)30(28,29)15-11-10-14(3)18(12-15)25-19(27)13-24-17-9-7-6-8-16(17)20(21,22)23/h6-12,24H,4-5,13H2,1-3H3,(H,25,27). The summed E-state index contributed by atoms with van der Waals surface area (Å²) in [5.74, 6) is -0.604. The van der Waals surface area contributed by atoms with E-state index in [1.165, 1.54) is 34.6 Å². The van der Waals surface area contributed by atoms with Crippen LogP contribution in [0.2, 0.25) is 0 Å². The molecule has 164 valence electrons. The molecule has 2 N–H and O–H groups in total. The second kappa shape index (κ2) is 9.48. The number of benzene rings is 2. The Labute approximate surface area is 174 Å². The minimum absolute atomic E-state index is 0.0301. The van der Waals surface area contributed by atoms with Crippen molar-refractivity contribution in [3.63, 3.8) is 0 Å². The minimum Gasteiger partial charge on any atom is -0.376 e. The Morgan fingerprint density at radius 1 is 1.03 bits per heavy atom. The number of amides is 1. The zero-order chi connectivity index (χ0) is 22.5. The number of sulfonamides is 1. The number of hydrogen-bond acceptors (Lipinski definition) is 4. The second-order valence-electron chi connectivity index (χ2n) is 6.51. The maximum absolute atomic E-state index is 13.1. The van der Waals surface area contributed by atoms with Gasteiger partial charge in [-0.3, -0.25) is 4.79 Å². The summed E-state index contributed by atoms with van der Waals surface area (Å²) in [6.45, 7) is 5.33. The van der Waals surface area contributed by atoms with Gasteiger partial charge in [0.2, 0.25) is 15.9 Å². The molecule has 0 heterocycles. The molecule has 0 saturated carbocycles. The minimum atomic E-state index is -4.55. The maximum atomic E-state index is 13.1. The summed E-state index contributed by atoms with van der Waals surface area (Å²) < 4.78 is 65.8. The third-order valence-electron chi connectivity index (χ3n) is 4.50. The number of aryl methyl sites for hydroxylation is 1. The SMILES string of the molecule is CCN(CC)S(=O)(=O)c1ccc(C)c(NC(=O)CNc2ccccc2C(F)(F)F)c1. The van der Waals surface area contributed by atoms with E-state index in [1.54, 1.807) is 26.8 Å². The van der Waals surface area contributed by atoms with Crippen molar-refractivity contribution in [1.29, 1.82) is 0 Å². The molecular formula is C20H24F3N3O3S. The van der Waals surface area contributed by atoms with E-state index in [-0.39, 0.29) is 16.3 Å². The smallest absolute Gasteiger partial charge is 0.376 e. The van der Waals surface area contributed by atoms with Gasteiger partial charge >= 0.3 is 6.18 Å². The van der Waals surface area contributed by atoms with Gasteiger partial charge in [0, 0.05) is 24.5 Å². The Balaban J connectivity index is 2.17. The first-order valence-electron chi connectivity index (χ1n) is 9.31. The van der Waals surface area contributed by atoms with Gasteiger partial charge in [-0.2, -0.15) is 17.5 Å². The largest absolute Gasteiger partial charge is 0.418 e. The van der Waals surface area contributed by atoms with Gasteiger partial charge in [0.25, 0.3) is 0 Å². The van der Waals surface area contributed by atoms with Gasteiger partial charge < -0.3 is 10.6 Å². The van der Waals surface area contributed by atoms with Crippen LogP contribution in [-0.4, -0.2) is 38.3 Å². The number of anilines is 2. The molecule has 0 fully saturated rings. The molecule has 2 rings (SSSR count). The number of alkyl halides is 3. The third-order valence-corrected chi connectivity index (χ3v) is 6.54. The fourth-order valence-electron chi connectivity index (χ4n) is 2.86. The van der Waals surface area contributed by atoms with Crippen LogP contribution in [0.5, 0.6) is 0 Å². The molecule has 0 aliphatic carbocycles. The van der Waals surface area contributed by atoms with Crippen molar-refractivity contribution >= 4 is 27.3 Å². The van der Waals surface area contributed by atoms with Crippen LogP contribution in [0.25, 0.3) is 0 Å². The number of rotatable bonds is 8. The molecule has 10 heteroatoms. The number of nitrogens with zero attached hydrogens (tertiary/aromatic N) is 1. The number of hydrogen-bond donors (Lipinski definition) is 2. The van der Waals surface area contributed by atoms with Crippen molar-refractivity contribution in [3.05, 3.63) is 53.6 Å². The number of halogens is 3. The van der Waals surface area contributed by atoms with E-state index in [0.717, 1.165) is 6.07 Å². The van der Waals surface area contributed by atoms with Gasteiger partial charge in [0.15, 0.2) is 0 Å². The highest BCUT2D eigenvalue weighted by atomic mass is 32.2. The highest BCUT2D eigenvalue weighted by Gasteiger charge is 2.33. The fraction of sp³-hybridized carbons (Fsp3) is 0.350. The van der Waals surface area contributed by atoms with Crippen molar-refractivity contribution in [3.8, 4) is 0 Å². The van der Waals surface area contributed by atoms with E-state index in [1.807, 2.05) is 0 Å². The molecule has 0 saturated heterocycles. The summed E-state index contributed by atoms with van der Waals surface area (Å²) in [5.41, 5.74) is -0.187. The zero-order valence-corrected chi connectivity index (χ0v) is 17.7. The average molecular weight is 443 g/mol. The maximum Gasteiger partial charge on any atom is 0.418 e. The molecule has 0 aromatic heterocycles. The molecule has 6 nitrogen and oxygen atoms in total. The van der Waals surface area contributed by atoms with Gasteiger partial charge in [0.1, 0.15) is 0 Å². The van der Waals surface area contributed by atoms with Gasteiger partial charge in [-0.25, -0.2) is 8.42 Å². The molecule has 0 aliphatic rings. The number of carbonyl (C=O) groups excluding carboxylic acids is 1. The van der Waals surface area contributed by atoms with Crippen molar-refractivity contribution in [2.24, 2.45) is 0 Å². The number of nitrogens with one attached hydrogen (secondary N) is 2. The number of para-hydroxylation sites is 1. The molecule has 0 radical (unpaired) electrons. The predicted molar refractivity (Wildman–Crippen MR) is 110 cm³/mol. The first kappa shape index (κ1) is 23.7. The van der Waals surface area contributed by atoms with Gasteiger partial charge in [0.05, 0.1) is 17.0 Å². The van der Waals surface area contributed by atoms with Crippen LogP contribution >= 0.6 is 0 Å².